The van der Waals surface area contributed by atoms with Gasteiger partial charge in [0.05, 0.1) is 6.10 Å². The smallest absolute Gasteiger partial charge is 0.317 e. The Kier molecular flexibility index (Phi) is 3.86. The van der Waals surface area contributed by atoms with Crippen LogP contribution >= 0.6 is 0 Å². The van der Waals surface area contributed by atoms with Crippen molar-refractivity contribution in [1.29, 1.82) is 5.26 Å². The molecule has 0 N–H and O–H groups in total. The summed E-state index contributed by atoms with van der Waals surface area (Å²) in [5.74, 6) is 0. The predicted octanol–water partition coefficient (Wildman–Crippen LogP) is 1.92. The Morgan fingerprint density at radius 2 is 2.43 bits per heavy atom. The lowest BCUT2D eigenvalue weighted by Gasteiger charge is -2.11. The summed E-state index contributed by atoms with van der Waals surface area (Å²) in [5, 5.41) is 8.60. The van der Waals surface area contributed by atoms with Crippen LogP contribution in [0.2, 0.25) is 0 Å². The van der Waals surface area contributed by atoms with E-state index in [1.165, 1.54) is 6.20 Å². The van der Waals surface area contributed by atoms with Crippen LogP contribution < -0.4 is 4.74 Å². The van der Waals surface area contributed by atoms with Gasteiger partial charge in [0.1, 0.15) is 11.8 Å². The van der Waals surface area contributed by atoms with Gasteiger partial charge in [-0.25, -0.2) is 4.98 Å². The van der Waals surface area contributed by atoms with Gasteiger partial charge in [-0.1, -0.05) is 13.3 Å². The molecule has 0 radical (unpaired) electrons. The summed E-state index contributed by atoms with van der Waals surface area (Å²) in [6.07, 6.45) is 3.63. The zero-order valence-electron chi connectivity index (χ0n) is 8.40. The monoisotopic (exact) mass is 191 g/mol. The van der Waals surface area contributed by atoms with Crippen molar-refractivity contribution in [2.45, 2.75) is 32.8 Å². The van der Waals surface area contributed by atoms with E-state index in [4.69, 9.17) is 10.00 Å². The molecule has 0 saturated heterocycles. The standard InChI is InChI=1S/C10H13N3O/c1-3-4-8(2)14-10-12-6-5-9(7-11)13-10/h5-6,8H,3-4H2,1-2H3. The molecule has 0 spiro atoms. The molecule has 1 atom stereocenters. The van der Waals surface area contributed by atoms with Crippen LogP contribution in [0, 0.1) is 11.3 Å². The molecule has 0 bridgehead atoms. The Labute approximate surface area is 83.6 Å². The molecule has 1 aromatic heterocycles. The molecule has 4 nitrogen and oxygen atoms in total. The zero-order valence-corrected chi connectivity index (χ0v) is 8.40. The minimum atomic E-state index is 0.0916. The third kappa shape index (κ3) is 3.02. The molecule has 1 aromatic rings. The topological polar surface area (TPSA) is 58.8 Å². The van der Waals surface area contributed by atoms with Gasteiger partial charge in [0.25, 0.3) is 0 Å². The third-order valence-electron chi connectivity index (χ3n) is 1.75. The number of aromatic nitrogens is 2. The molecule has 0 aromatic carbocycles. The molecule has 0 fully saturated rings. The van der Waals surface area contributed by atoms with Gasteiger partial charge in [0.2, 0.25) is 0 Å². The number of nitriles is 1. The quantitative estimate of drug-likeness (QED) is 0.729. The maximum atomic E-state index is 8.60. The maximum Gasteiger partial charge on any atom is 0.317 e. The lowest BCUT2D eigenvalue weighted by atomic mass is 10.2. The largest absolute Gasteiger partial charge is 0.460 e. The summed E-state index contributed by atoms with van der Waals surface area (Å²) in [6, 6.07) is 3.78. The highest BCUT2D eigenvalue weighted by atomic mass is 16.5. The van der Waals surface area contributed by atoms with Gasteiger partial charge in [0, 0.05) is 6.20 Å². The summed E-state index contributed by atoms with van der Waals surface area (Å²) in [5.41, 5.74) is 0.332. The molecule has 4 heteroatoms. The molecular formula is C10H13N3O. The fourth-order valence-electron chi connectivity index (χ4n) is 1.11. The second-order valence-electron chi connectivity index (χ2n) is 3.05. The van der Waals surface area contributed by atoms with Gasteiger partial charge in [-0.2, -0.15) is 10.2 Å². The Morgan fingerprint density at radius 1 is 1.64 bits per heavy atom. The molecule has 1 rings (SSSR count). The number of hydrogen-bond acceptors (Lipinski definition) is 4. The van der Waals surface area contributed by atoms with Crippen LogP contribution in [0.15, 0.2) is 12.3 Å². The van der Waals surface area contributed by atoms with Crippen molar-refractivity contribution < 1.29 is 4.74 Å². The van der Waals surface area contributed by atoms with Crippen molar-refractivity contribution in [3.8, 4) is 12.1 Å². The van der Waals surface area contributed by atoms with Gasteiger partial charge >= 0.3 is 6.01 Å². The Morgan fingerprint density at radius 3 is 3.07 bits per heavy atom. The summed E-state index contributed by atoms with van der Waals surface area (Å²) >= 11 is 0. The van der Waals surface area contributed by atoms with E-state index in [-0.39, 0.29) is 12.1 Å². The van der Waals surface area contributed by atoms with E-state index in [1.807, 2.05) is 13.0 Å². The summed E-state index contributed by atoms with van der Waals surface area (Å²) in [6.45, 7) is 4.05. The van der Waals surface area contributed by atoms with Crippen LogP contribution in [-0.2, 0) is 0 Å². The zero-order chi connectivity index (χ0) is 10.4. The van der Waals surface area contributed by atoms with Crippen molar-refractivity contribution in [2.24, 2.45) is 0 Å². The van der Waals surface area contributed by atoms with Crippen molar-refractivity contribution in [2.75, 3.05) is 0 Å². The first-order chi connectivity index (χ1) is 6.76. The first-order valence-corrected chi connectivity index (χ1v) is 4.66. The molecule has 74 valence electrons. The van der Waals surface area contributed by atoms with Crippen molar-refractivity contribution in [1.82, 2.24) is 9.97 Å². The van der Waals surface area contributed by atoms with Crippen LogP contribution in [0.1, 0.15) is 32.4 Å². The van der Waals surface area contributed by atoms with E-state index < -0.39 is 0 Å². The van der Waals surface area contributed by atoms with Crippen LogP contribution in [0.4, 0.5) is 0 Å². The molecule has 0 aliphatic heterocycles. The number of nitrogens with zero attached hydrogens (tertiary/aromatic N) is 3. The van der Waals surface area contributed by atoms with E-state index in [9.17, 15) is 0 Å². The minimum absolute atomic E-state index is 0.0916. The van der Waals surface area contributed by atoms with Crippen molar-refractivity contribution in [3.63, 3.8) is 0 Å². The molecule has 0 aliphatic carbocycles. The van der Waals surface area contributed by atoms with E-state index in [2.05, 4.69) is 16.9 Å². The lowest BCUT2D eigenvalue weighted by molar-refractivity contribution is 0.192. The highest BCUT2D eigenvalue weighted by Gasteiger charge is 2.05. The van der Waals surface area contributed by atoms with Gasteiger partial charge in [0.15, 0.2) is 0 Å². The summed E-state index contributed by atoms with van der Waals surface area (Å²) < 4.78 is 5.42. The van der Waals surface area contributed by atoms with Crippen LogP contribution in [0.5, 0.6) is 6.01 Å². The second kappa shape index (κ2) is 5.18. The number of hydrogen-bond donors (Lipinski definition) is 0. The highest BCUT2D eigenvalue weighted by molar-refractivity contribution is 5.19. The van der Waals surface area contributed by atoms with Crippen molar-refractivity contribution >= 4 is 0 Å². The van der Waals surface area contributed by atoms with E-state index in [0.29, 0.717) is 5.69 Å². The van der Waals surface area contributed by atoms with E-state index >= 15 is 0 Å². The fraction of sp³-hybridized carbons (Fsp3) is 0.500. The number of ether oxygens (including phenoxy) is 1. The third-order valence-corrected chi connectivity index (χ3v) is 1.75. The van der Waals surface area contributed by atoms with E-state index in [0.717, 1.165) is 12.8 Å². The van der Waals surface area contributed by atoms with Crippen LogP contribution in [0.3, 0.4) is 0 Å². The molecule has 0 aliphatic rings. The lowest BCUT2D eigenvalue weighted by Crippen LogP contribution is -2.13. The first-order valence-electron chi connectivity index (χ1n) is 4.66. The molecule has 14 heavy (non-hydrogen) atoms. The molecule has 1 unspecified atom stereocenters. The van der Waals surface area contributed by atoms with Gasteiger partial charge in [-0.3, -0.25) is 0 Å². The first kappa shape index (κ1) is 10.5. The van der Waals surface area contributed by atoms with Gasteiger partial charge in [-0.05, 0) is 19.4 Å². The average molecular weight is 191 g/mol. The molecule has 0 saturated carbocycles. The van der Waals surface area contributed by atoms with Gasteiger partial charge in [-0.15, -0.1) is 0 Å². The fourth-order valence-corrected chi connectivity index (χ4v) is 1.11. The molecule has 0 amide bonds. The van der Waals surface area contributed by atoms with Crippen LogP contribution in [-0.4, -0.2) is 16.1 Å². The molecule has 1 heterocycles. The SMILES string of the molecule is CCCC(C)Oc1nccc(C#N)n1. The van der Waals surface area contributed by atoms with E-state index in [1.54, 1.807) is 6.07 Å². The maximum absolute atomic E-state index is 8.60. The summed E-state index contributed by atoms with van der Waals surface area (Å²) in [7, 11) is 0. The van der Waals surface area contributed by atoms with Crippen molar-refractivity contribution in [3.05, 3.63) is 18.0 Å². The second-order valence-corrected chi connectivity index (χ2v) is 3.05. The average Bonchev–Trinajstić information content (AvgIpc) is 2.18. The Bertz CT molecular complexity index is 332. The predicted molar refractivity (Wildman–Crippen MR) is 51.7 cm³/mol. The highest BCUT2D eigenvalue weighted by Crippen LogP contribution is 2.07. The molecular weight excluding hydrogens is 178 g/mol. The Balaban J connectivity index is 2.63. The van der Waals surface area contributed by atoms with Gasteiger partial charge < -0.3 is 4.74 Å². The minimum Gasteiger partial charge on any atom is -0.460 e. The normalized spacial score (nSPS) is 11.8. The number of rotatable bonds is 4. The van der Waals surface area contributed by atoms with Crippen LogP contribution in [0.25, 0.3) is 0 Å². The summed E-state index contributed by atoms with van der Waals surface area (Å²) in [4.78, 5) is 7.84. The Hall–Kier alpha value is -1.63.